The number of benzene rings is 2. The number of halogens is 1. The molecule has 2 aromatic carbocycles. The van der Waals surface area contributed by atoms with Crippen LogP contribution < -0.4 is 5.32 Å². The fraction of sp³-hybridized carbons (Fsp3) is 0.286. The van der Waals surface area contributed by atoms with Gasteiger partial charge >= 0.3 is 5.97 Å². The summed E-state index contributed by atoms with van der Waals surface area (Å²) < 4.78 is 15.7. The second-order valence-corrected chi connectivity index (χ2v) is 6.71. The highest BCUT2D eigenvalue weighted by Crippen LogP contribution is 2.24. The third kappa shape index (κ3) is 4.03. The smallest absolute Gasteiger partial charge is 0.335 e. The summed E-state index contributed by atoms with van der Waals surface area (Å²) >= 11 is 0. The Morgan fingerprint density at radius 1 is 1.25 bits per heavy atom. The Hall–Kier alpha value is -3.22. The van der Waals surface area contributed by atoms with Crippen molar-refractivity contribution in [3.8, 4) is 0 Å². The lowest BCUT2D eigenvalue weighted by Gasteiger charge is -2.16. The summed E-state index contributed by atoms with van der Waals surface area (Å²) in [5.74, 6) is -1.10. The Kier molecular flexibility index (Phi) is 5.73. The fourth-order valence-electron chi connectivity index (χ4n) is 3.14. The molecular weight excluding hydrogens is 361 g/mol. The summed E-state index contributed by atoms with van der Waals surface area (Å²) in [6.45, 7) is 4.26. The van der Waals surface area contributed by atoms with Gasteiger partial charge in [0.15, 0.2) is 0 Å². The summed E-state index contributed by atoms with van der Waals surface area (Å²) in [6.07, 6.45) is 0.793. The van der Waals surface area contributed by atoms with Gasteiger partial charge in [-0.15, -0.1) is 0 Å². The molecule has 1 aromatic heterocycles. The van der Waals surface area contributed by atoms with Crippen LogP contribution in [0.25, 0.3) is 11.0 Å². The lowest BCUT2D eigenvalue weighted by Crippen LogP contribution is -2.27. The number of aromatic nitrogens is 2. The van der Waals surface area contributed by atoms with Gasteiger partial charge in [-0.2, -0.15) is 0 Å². The third-order valence-corrected chi connectivity index (χ3v) is 4.79. The quantitative estimate of drug-likeness (QED) is 0.651. The predicted molar refractivity (Wildman–Crippen MR) is 104 cm³/mol. The molecule has 28 heavy (non-hydrogen) atoms. The molecule has 1 unspecified atom stereocenters. The van der Waals surface area contributed by atoms with Crippen LogP contribution in [0, 0.1) is 5.82 Å². The normalized spacial score (nSPS) is 12.1. The van der Waals surface area contributed by atoms with E-state index in [1.165, 1.54) is 12.1 Å². The van der Waals surface area contributed by atoms with Gasteiger partial charge in [0.25, 0.3) is 0 Å². The first-order valence-corrected chi connectivity index (χ1v) is 9.15. The number of imidazole rings is 1. The molecule has 2 N–H and O–H groups in total. The molecule has 3 aromatic rings. The number of carbonyl (C=O) groups excluding carboxylic acids is 1. The van der Waals surface area contributed by atoms with Gasteiger partial charge < -0.3 is 15.0 Å². The number of amides is 1. The largest absolute Gasteiger partial charge is 0.478 e. The standard InChI is InChI=1S/C21H22FN3O3/c1-3-13(2)25-18-9-8-15(21(27)28)10-17(18)24-19(25)12-23-20(26)11-14-6-4-5-7-16(14)22/h4-10,13H,3,11-12H2,1-2H3,(H,23,26)(H,27,28). The second kappa shape index (κ2) is 8.21. The molecule has 0 fully saturated rings. The van der Waals surface area contributed by atoms with Gasteiger partial charge in [-0.25, -0.2) is 14.2 Å². The Balaban J connectivity index is 1.84. The molecule has 0 aliphatic carbocycles. The Morgan fingerprint density at radius 3 is 2.68 bits per heavy atom. The molecule has 6 nitrogen and oxygen atoms in total. The highest BCUT2D eigenvalue weighted by Gasteiger charge is 2.17. The zero-order valence-electron chi connectivity index (χ0n) is 15.8. The maximum Gasteiger partial charge on any atom is 0.335 e. The summed E-state index contributed by atoms with van der Waals surface area (Å²) in [5.41, 5.74) is 1.88. The van der Waals surface area contributed by atoms with E-state index in [0.29, 0.717) is 16.9 Å². The molecule has 0 spiro atoms. The van der Waals surface area contributed by atoms with Gasteiger partial charge in [-0.3, -0.25) is 4.79 Å². The topological polar surface area (TPSA) is 84.2 Å². The summed E-state index contributed by atoms with van der Waals surface area (Å²) in [6, 6.07) is 11.1. The molecule has 1 amide bonds. The van der Waals surface area contributed by atoms with Crippen LogP contribution in [0.4, 0.5) is 4.39 Å². The molecule has 0 aliphatic heterocycles. The van der Waals surface area contributed by atoms with E-state index in [1.54, 1.807) is 30.3 Å². The maximum absolute atomic E-state index is 13.7. The van der Waals surface area contributed by atoms with Gasteiger partial charge in [-0.05, 0) is 43.2 Å². The average Bonchev–Trinajstić information content (AvgIpc) is 3.05. The number of carbonyl (C=O) groups is 2. The molecular formula is C21H22FN3O3. The van der Waals surface area contributed by atoms with E-state index >= 15 is 0 Å². The van der Waals surface area contributed by atoms with Crippen LogP contribution in [0.1, 0.15) is 48.1 Å². The fourth-order valence-corrected chi connectivity index (χ4v) is 3.14. The van der Waals surface area contributed by atoms with E-state index in [2.05, 4.69) is 10.3 Å². The molecule has 0 aliphatic rings. The Morgan fingerprint density at radius 2 is 2.00 bits per heavy atom. The first-order chi connectivity index (χ1) is 13.4. The van der Waals surface area contributed by atoms with Crippen molar-refractivity contribution in [1.82, 2.24) is 14.9 Å². The number of carboxylic acids is 1. The number of hydrogen-bond donors (Lipinski definition) is 2. The van der Waals surface area contributed by atoms with Crippen LogP contribution in [0.5, 0.6) is 0 Å². The van der Waals surface area contributed by atoms with Gasteiger partial charge in [0.05, 0.1) is 29.6 Å². The molecule has 146 valence electrons. The van der Waals surface area contributed by atoms with Crippen molar-refractivity contribution < 1.29 is 19.1 Å². The van der Waals surface area contributed by atoms with Gasteiger partial charge in [0, 0.05) is 6.04 Å². The minimum atomic E-state index is -1.01. The van der Waals surface area contributed by atoms with Crippen molar-refractivity contribution in [2.45, 2.75) is 39.3 Å². The minimum absolute atomic E-state index is 0.0562. The first-order valence-electron chi connectivity index (χ1n) is 9.15. The van der Waals surface area contributed by atoms with Crippen LogP contribution in [0.15, 0.2) is 42.5 Å². The van der Waals surface area contributed by atoms with Crippen molar-refractivity contribution in [1.29, 1.82) is 0 Å². The highest BCUT2D eigenvalue weighted by molar-refractivity contribution is 5.92. The maximum atomic E-state index is 13.7. The van der Waals surface area contributed by atoms with Gasteiger partial charge in [0.2, 0.25) is 5.91 Å². The molecule has 3 rings (SSSR count). The minimum Gasteiger partial charge on any atom is -0.478 e. The lowest BCUT2D eigenvalue weighted by atomic mass is 10.1. The first kappa shape index (κ1) is 19.5. The number of fused-ring (bicyclic) bond motifs is 1. The number of rotatable bonds is 7. The van der Waals surface area contributed by atoms with Crippen molar-refractivity contribution in [2.24, 2.45) is 0 Å². The number of hydrogen-bond acceptors (Lipinski definition) is 3. The molecule has 0 bridgehead atoms. The van der Waals surface area contributed by atoms with Crippen LogP contribution in [0.2, 0.25) is 0 Å². The van der Waals surface area contributed by atoms with E-state index in [0.717, 1.165) is 11.9 Å². The molecule has 0 saturated carbocycles. The van der Waals surface area contributed by atoms with Crippen molar-refractivity contribution in [3.05, 3.63) is 65.2 Å². The third-order valence-electron chi connectivity index (χ3n) is 4.79. The lowest BCUT2D eigenvalue weighted by molar-refractivity contribution is -0.120. The van der Waals surface area contributed by atoms with Crippen LogP contribution in [-0.2, 0) is 17.8 Å². The molecule has 0 radical (unpaired) electrons. The highest BCUT2D eigenvalue weighted by atomic mass is 19.1. The molecule has 7 heteroatoms. The second-order valence-electron chi connectivity index (χ2n) is 6.71. The van der Waals surface area contributed by atoms with Gasteiger partial charge in [0.1, 0.15) is 11.6 Å². The van der Waals surface area contributed by atoms with Crippen molar-refractivity contribution in [3.63, 3.8) is 0 Å². The average molecular weight is 383 g/mol. The number of nitrogens with zero attached hydrogens (tertiary/aromatic N) is 2. The van der Waals surface area contributed by atoms with Crippen LogP contribution >= 0.6 is 0 Å². The number of nitrogens with one attached hydrogen (secondary N) is 1. The summed E-state index contributed by atoms with van der Waals surface area (Å²) in [4.78, 5) is 28.0. The molecule has 1 heterocycles. The summed E-state index contributed by atoms with van der Waals surface area (Å²) in [5, 5.41) is 12.0. The van der Waals surface area contributed by atoms with E-state index < -0.39 is 11.8 Å². The van der Waals surface area contributed by atoms with Crippen molar-refractivity contribution >= 4 is 22.9 Å². The molecule has 1 atom stereocenters. The van der Waals surface area contributed by atoms with E-state index in [-0.39, 0.29) is 30.5 Å². The summed E-state index contributed by atoms with van der Waals surface area (Å²) in [7, 11) is 0. The Labute approximate surface area is 162 Å². The zero-order chi connectivity index (χ0) is 20.3. The monoisotopic (exact) mass is 383 g/mol. The van der Waals surface area contributed by atoms with E-state index in [1.807, 2.05) is 18.4 Å². The van der Waals surface area contributed by atoms with E-state index in [4.69, 9.17) is 0 Å². The SMILES string of the molecule is CCC(C)n1c(CNC(=O)Cc2ccccc2F)nc2cc(C(=O)O)ccc21. The van der Waals surface area contributed by atoms with Crippen LogP contribution in [-0.4, -0.2) is 26.5 Å². The Bertz CT molecular complexity index is 1030. The zero-order valence-corrected chi connectivity index (χ0v) is 15.8. The van der Waals surface area contributed by atoms with Crippen molar-refractivity contribution in [2.75, 3.05) is 0 Å². The van der Waals surface area contributed by atoms with Gasteiger partial charge in [-0.1, -0.05) is 25.1 Å². The number of carboxylic acid groups (broad SMARTS) is 1. The number of aromatic carboxylic acids is 1. The van der Waals surface area contributed by atoms with Crippen LogP contribution in [0.3, 0.4) is 0 Å². The van der Waals surface area contributed by atoms with E-state index in [9.17, 15) is 19.1 Å². The predicted octanol–water partition coefficient (Wildman–Crippen LogP) is 3.70. The molecule has 0 saturated heterocycles.